The van der Waals surface area contributed by atoms with Crippen molar-refractivity contribution >= 4 is 17.7 Å². The summed E-state index contributed by atoms with van der Waals surface area (Å²) < 4.78 is 13.6. The van der Waals surface area contributed by atoms with Crippen molar-refractivity contribution in [2.45, 2.75) is 44.5 Å². The molecule has 134 valence electrons. The van der Waals surface area contributed by atoms with Gasteiger partial charge in [0.25, 0.3) is 5.91 Å². The zero-order chi connectivity index (χ0) is 18.3. The van der Waals surface area contributed by atoms with Crippen molar-refractivity contribution in [3.8, 4) is 0 Å². The van der Waals surface area contributed by atoms with Crippen LogP contribution in [0.25, 0.3) is 0 Å². The van der Waals surface area contributed by atoms with Gasteiger partial charge in [-0.3, -0.25) is 14.4 Å². The van der Waals surface area contributed by atoms with Crippen molar-refractivity contribution in [2.24, 2.45) is 0 Å². The summed E-state index contributed by atoms with van der Waals surface area (Å²) in [6.07, 6.45) is -0.717. The number of carbonyl (C=O) groups is 3. The van der Waals surface area contributed by atoms with E-state index >= 15 is 0 Å². The van der Waals surface area contributed by atoms with Gasteiger partial charge in [-0.05, 0) is 38.0 Å². The lowest BCUT2D eigenvalue weighted by molar-refractivity contribution is -0.149. The fourth-order valence-electron chi connectivity index (χ4n) is 3.25. The Hall–Kier alpha value is -2.48. The van der Waals surface area contributed by atoms with Crippen LogP contribution in [0.5, 0.6) is 0 Å². The summed E-state index contributed by atoms with van der Waals surface area (Å²) in [5.74, 6) is -1.63. The first kappa shape index (κ1) is 17.3. The van der Waals surface area contributed by atoms with Crippen LogP contribution >= 0.6 is 0 Å². The van der Waals surface area contributed by atoms with Crippen molar-refractivity contribution in [1.29, 1.82) is 0 Å². The number of hydrogen-bond donors (Lipinski definition) is 3. The van der Waals surface area contributed by atoms with Gasteiger partial charge in [0, 0.05) is 18.2 Å². The van der Waals surface area contributed by atoms with E-state index in [2.05, 4.69) is 10.6 Å². The maximum atomic E-state index is 13.6. The Kier molecular flexibility index (Phi) is 4.47. The molecular formula is C17H20FN3O4. The van der Waals surface area contributed by atoms with Gasteiger partial charge in [0.2, 0.25) is 11.8 Å². The number of carbonyl (C=O) groups excluding carboxylic acids is 3. The largest absolute Gasteiger partial charge is 0.391 e. The molecule has 2 aliphatic heterocycles. The number of halogens is 1. The maximum absolute atomic E-state index is 13.6. The number of rotatable bonds is 3. The van der Waals surface area contributed by atoms with Gasteiger partial charge in [0.1, 0.15) is 17.9 Å². The quantitative estimate of drug-likeness (QED) is 0.698. The van der Waals surface area contributed by atoms with Gasteiger partial charge in [-0.25, -0.2) is 4.39 Å². The molecule has 25 heavy (non-hydrogen) atoms. The van der Waals surface area contributed by atoms with E-state index in [9.17, 15) is 23.9 Å². The number of aryl methyl sites for hydroxylation is 1. The number of nitrogens with one attached hydrogen (secondary N) is 2. The summed E-state index contributed by atoms with van der Waals surface area (Å²) in [5.41, 5.74) is 0.631. The first-order chi connectivity index (χ1) is 11.8. The highest BCUT2D eigenvalue weighted by molar-refractivity contribution is 5.98. The Morgan fingerprint density at radius 2 is 2.16 bits per heavy atom. The topological polar surface area (TPSA) is 98.7 Å². The third-order valence-corrected chi connectivity index (χ3v) is 4.70. The fraction of sp³-hybridized carbons (Fsp3) is 0.471. The van der Waals surface area contributed by atoms with Crippen molar-refractivity contribution < 1.29 is 23.9 Å². The molecule has 7 nitrogen and oxygen atoms in total. The first-order valence-corrected chi connectivity index (χ1v) is 8.14. The van der Waals surface area contributed by atoms with Crippen molar-refractivity contribution in [1.82, 2.24) is 15.5 Å². The third-order valence-electron chi connectivity index (χ3n) is 4.70. The molecule has 0 aliphatic carbocycles. The standard InChI is InChI=1S/C17H20FN3O4/c1-8-3-4-10(5-12(8)18)15(23)19-11-6-13-16(24)20-14(9(2)22)17(25)21(13)7-11/h3-5,9,11,13-14,22H,6-7H2,1-2H3,(H,19,23)(H,20,24)/t9-,11-,13-,14+/m0/s1. The molecule has 2 fully saturated rings. The van der Waals surface area contributed by atoms with Gasteiger partial charge >= 0.3 is 0 Å². The number of benzene rings is 1. The lowest BCUT2D eigenvalue weighted by Gasteiger charge is -2.35. The Bertz CT molecular complexity index is 737. The number of fused-ring (bicyclic) bond motifs is 1. The van der Waals surface area contributed by atoms with Gasteiger partial charge in [0.05, 0.1) is 6.10 Å². The molecule has 2 heterocycles. The SMILES string of the molecule is Cc1ccc(C(=O)N[C@H]2C[C@H]3C(=O)N[C@H]([C@H](C)O)C(=O)N3C2)cc1F. The number of nitrogens with zero attached hydrogens (tertiary/aromatic N) is 1. The minimum Gasteiger partial charge on any atom is -0.391 e. The fourth-order valence-corrected chi connectivity index (χ4v) is 3.25. The monoisotopic (exact) mass is 349 g/mol. The molecule has 0 unspecified atom stereocenters. The van der Waals surface area contributed by atoms with Crippen LogP contribution in [0.15, 0.2) is 18.2 Å². The van der Waals surface area contributed by atoms with Gasteiger partial charge in [-0.1, -0.05) is 6.07 Å². The number of hydrogen-bond acceptors (Lipinski definition) is 4. The molecule has 3 N–H and O–H groups in total. The molecule has 0 radical (unpaired) electrons. The molecule has 3 rings (SSSR count). The molecule has 1 aromatic carbocycles. The van der Waals surface area contributed by atoms with E-state index in [1.165, 1.54) is 24.0 Å². The van der Waals surface area contributed by atoms with Crippen LogP contribution < -0.4 is 10.6 Å². The highest BCUT2D eigenvalue weighted by Crippen LogP contribution is 2.24. The molecule has 4 atom stereocenters. The molecular weight excluding hydrogens is 329 g/mol. The van der Waals surface area contributed by atoms with E-state index in [-0.39, 0.29) is 30.3 Å². The number of piperazine rings is 1. The van der Waals surface area contributed by atoms with Crippen LogP contribution in [0, 0.1) is 12.7 Å². The Morgan fingerprint density at radius 1 is 1.44 bits per heavy atom. The van der Waals surface area contributed by atoms with E-state index in [1.54, 1.807) is 6.92 Å². The van der Waals surface area contributed by atoms with Gasteiger partial charge in [-0.15, -0.1) is 0 Å². The molecule has 0 spiro atoms. The molecule has 2 saturated heterocycles. The summed E-state index contributed by atoms with van der Waals surface area (Å²) in [7, 11) is 0. The average Bonchev–Trinajstić information content (AvgIpc) is 2.97. The lowest BCUT2D eigenvalue weighted by atomic mass is 10.0. The average molecular weight is 349 g/mol. The zero-order valence-electron chi connectivity index (χ0n) is 14.0. The van der Waals surface area contributed by atoms with Crippen LogP contribution in [0.1, 0.15) is 29.3 Å². The summed E-state index contributed by atoms with van der Waals surface area (Å²) in [6.45, 7) is 3.22. The van der Waals surface area contributed by atoms with E-state index in [0.717, 1.165) is 6.07 Å². The van der Waals surface area contributed by atoms with E-state index in [0.29, 0.717) is 5.56 Å². The molecule has 0 saturated carbocycles. The highest BCUT2D eigenvalue weighted by Gasteiger charge is 2.47. The summed E-state index contributed by atoms with van der Waals surface area (Å²) >= 11 is 0. The lowest BCUT2D eigenvalue weighted by Crippen LogP contribution is -2.64. The Morgan fingerprint density at radius 3 is 2.80 bits per heavy atom. The molecule has 1 aromatic rings. The van der Waals surface area contributed by atoms with E-state index < -0.39 is 36.0 Å². The molecule has 3 amide bonds. The molecule has 0 aromatic heterocycles. The minimum atomic E-state index is -0.999. The van der Waals surface area contributed by atoms with Crippen LogP contribution in [-0.2, 0) is 9.59 Å². The van der Waals surface area contributed by atoms with Crippen molar-refractivity contribution in [3.05, 3.63) is 35.1 Å². The number of aliphatic hydroxyl groups excluding tert-OH is 1. The van der Waals surface area contributed by atoms with Gasteiger partial charge < -0.3 is 20.6 Å². The van der Waals surface area contributed by atoms with Gasteiger partial charge in [-0.2, -0.15) is 0 Å². The minimum absolute atomic E-state index is 0.181. The Labute approximate surface area is 144 Å². The van der Waals surface area contributed by atoms with E-state index in [1.807, 2.05) is 0 Å². The van der Waals surface area contributed by atoms with Crippen LogP contribution in [-0.4, -0.2) is 58.5 Å². The number of amides is 3. The second-order valence-corrected chi connectivity index (χ2v) is 6.60. The summed E-state index contributed by atoms with van der Waals surface area (Å²) in [4.78, 5) is 38.2. The maximum Gasteiger partial charge on any atom is 0.251 e. The van der Waals surface area contributed by atoms with Crippen molar-refractivity contribution in [3.63, 3.8) is 0 Å². The van der Waals surface area contributed by atoms with Crippen LogP contribution in [0.3, 0.4) is 0 Å². The second kappa shape index (κ2) is 6.44. The van der Waals surface area contributed by atoms with Crippen molar-refractivity contribution in [2.75, 3.05) is 6.54 Å². The Balaban J connectivity index is 1.70. The second-order valence-electron chi connectivity index (χ2n) is 6.60. The van der Waals surface area contributed by atoms with E-state index in [4.69, 9.17) is 0 Å². The van der Waals surface area contributed by atoms with Crippen LogP contribution in [0.2, 0.25) is 0 Å². The third kappa shape index (κ3) is 3.21. The molecule has 2 aliphatic rings. The van der Waals surface area contributed by atoms with Crippen LogP contribution in [0.4, 0.5) is 4.39 Å². The molecule has 8 heteroatoms. The normalized spacial score (nSPS) is 26.9. The number of aliphatic hydroxyl groups is 1. The van der Waals surface area contributed by atoms with Gasteiger partial charge in [0.15, 0.2) is 0 Å². The molecule has 0 bridgehead atoms. The summed E-state index contributed by atoms with van der Waals surface area (Å²) in [5, 5.41) is 14.9. The first-order valence-electron chi connectivity index (χ1n) is 8.14. The smallest absolute Gasteiger partial charge is 0.251 e. The predicted octanol–water partition coefficient (Wildman–Crippen LogP) is -0.287. The summed E-state index contributed by atoms with van der Waals surface area (Å²) in [6, 6.07) is 2.16. The highest BCUT2D eigenvalue weighted by atomic mass is 19.1. The predicted molar refractivity (Wildman–Crippen MR) is 86.1 cm³/mol. The zero-order valence-corrected chi connectivity index (χ0v) is 14.0.